The summed E-state index contributed by atoms with van der Waals surface area (Å²) in [6.07, 6.45) is 1.71. The predicted octanol–water partition coefficient (Wildman–Crippen LogP) is 2.57. The van der Waals surface area contributed by atoms with Gasteiger partial charge in [-0.1, -0.05) is 6.07 Å². The standard InChI is InChI=1S/C12H9N3O2/c1-9-4-5-10(15(16)17)7-12(9)14-6-2-3-11(14)8-13/h2-7H,1H3. The Hall–Kier alpha value is -2.61. The quantitative estimate of drug-likeness (QED) is 0.584. The number of rotatable bonds is 2. The molecule has 0 aliphatic rings. The first-order valence-corrected chi connectivity index (χ1v) is 4.96. The molecule has 84 valence electrons. The van der Waals surface area contributed by atoms with Gasteiger partial charge in [0.05, 0.1) is 10.6 Å². The molecule has 0 aliphatic carbocycles. The second-order valence-corrected chi connectivity index (χ2v) is 3.60. The van der Waals surface area contributed by atoms with Crippen molar-refractivity contribution in [2.45, 2.75) is 6.92 Å². The predicted molar refractivity (Wildman–Crippen MR) is 61.9 cm³/mol. The fraction of sp³-hybridized carbons (Fsp3) is 0.0833. The Bertz CT molecular complexity index is 623. The van der Waals surface area contributed by atoms with E-state index in [-0.39, 0.29) is 5.69 Å². The second-order valence-electron chi connectivity index (χ2n) is 3.60. The Labute approximate surface area is 97.7 Å². The molecule has 0 radical (unpaired) electrons. The smallest absolute Gasteiger partial charge is 0.271 e. The maximum absolute atomic E-state index is 10.7. The maximum atomic E-state index is 10.7. The number of aryl methyl sites for hydroxylation is 1. The molecule has 0 amide bonds. The van der Waals surface area contributed by atoms with Crippen LogP contribution < -0.4 is 0 Å². The molecule has 0 unspecified atom stereocenters. The lowest BCUT2D eigenvalue weighted by Gasteiger charge is -2.08. The Morgan fingerprint density at radius 3 is 2.82 bits per heavy atom. The zero-order valence-electron chi connectivity index (χ0n) is 9.12. The number of nitro benzene ring substituents is 1. The maximum Gasteiger partial charge on any atom is 0.271 e. The molecule has 1 aromatic carbocycles. The third kappa shape index (κ3) is 1.88. The van der Waals surface area contributed by atoms with Crippen LogP contribution in [0.1, 0.15) is 11.3 Å². The van der Waals surface area contributed by atoms with Gasteiger partial charge >= 0.3 is 0 Å². The fourth-order valence-corrected chi connectivity index (χ4v) is 1.65. The van der Waals surface area contributed by atoms with Crippen LogP contribution in [-0.4, -0.2) is 9.49 Å². The van der Waals surface area contributed by atoms with E-state index in [9.17, 15) is 10.1 Å². The minimum absolute atomic E-state index is 0.0168. The van der Waals surface area contributed by atoms with Crippen LogP contribution in [0.4, 0.5) is 5.69 Å². The Morgan fingerprint density at radius 1 is 1.41 bits per heavy atom. The summed E-state index contributed by atoms with van der Waals surface area (Å²) >= 11 is 0. The van der Waals surface area contributed by atoms with Crippen molar-refractivity contribution >= 4 is 5.69 Å². The third-order valence-electron chi connectivity index (χ3n) is 2.53. The summed E-state index contributed by atoms with van der Waals surface area (Å²) < 4.78 is 1.64. The van der Waals surface area contributed by atoms with Gasteiger partial charge in [-0.2, -0.15) is 5.26 Å². The number of nitro groups is 1. The van der Waals surface area contributed by atoms with E-state index < -0.39 is 4.92 Å². The van der Waals surface area contributed by atoms with Gasteiger partial charge in [-0.25, -0.2) is 0 Å². The van der Waals surface area contributed by atoms with Gasteiger partial charge in [0, 0.05) is 18.3 Å². The van der Waals surface area contributed by atoms with Crippen LogP contribution in [0, 0.1) is 28.4 Å². The zero-order valence-corrected chi connectivity index (χ0v) is 9.12. The highest BCUT2D eigenvalue weighted by Crippen LogP contribution is 2.22. The number of aromatic nitrogens is 1. The molecule has 1 aromatic heterocycles. The molecule has 0 fully saturated rings. The van der Waals surface area contributed by atoms with Crippen molar-refractivity contribution < 1.29 is 4.92 Å². The number of hydrogen-bond donors (Lipinski definition) is 0. The molecule has 17 heavy (non-hydrogen) atoms. The van der Waals surface area contributed by atoms with E-state index in [4.69, 9.17) is 5.26 Å². The van der Waals surface area contributed by atoms with Gasteiger partial charge in [-0.3, -0.25) is 10.1 Å². The van der Waals surface area contributed by atoms with Gasteiger partial charge in [-0.05, 0) is 24.6 Å². The first-order valence-electron chi connectivity index (χ1n) is 4.96. The van der Waals surface area contributed by atoms with Crippen LogP contribution in [0.2, 0.25) is 0 Å². The molecule has 2 rings (SSSR count). The molecule has 5 heteroatoms. The second kappa shape index (κ2) is 4.10. The van der Waals surface area contributed by atoms with Crippen LogP contribution in [0.5, 0.6) is 0 Å². The van der Waals surface area contributed by atoms with E-state index >= 15 is 0 Å². The molecule has 5 nitrogen and oxygen atoms in total. The first kappa shape index (κ1) is 10.9. The van der Waals surface area contributed by atoms with Gasteiger partial charge in [0.2, 0.25) is 0 Å². The summed E-state index contributed by atoms with van der Waals surface area (Å²) in [6, 6.07) is 10.0. The number of nitriles is 1. The zero-order chi connectivity index (χ0) is 12.4. The number of nitrogens with zero attached hydrogens (tertiary/aromatic N) is 3. The van der Waals surface area contributed by atoms with E-state index in [0.717, 1.165) is 5.56 Å². The SMILES string of the molecule is Cc1ccc([N+](=O)[O-])cc1-n1cccc1C#N. The van der Waals surface area contributed by atoms with Crippen molar-refractivity contribution in [3.63, 3.8) is 0 Å². The summed E-state index contributed by atoms with van der Waals surface area (Å²) in [5.41, 5.74) is 2.00. The number of non-ortho nitro benzene ring substituents is 1. The molecule has 0 N–H and O–H groups in total. The van der Waals surface area contributed by atoms with Gasteiger partial charge in [-0.15, -0.1) is 0 Å². The summed E-state index contributed by atoms with van der Waals surface area (Å²) in [5.74, 6) is 0. The molecule has 0 bridgehead atoms. The highest BCUT2D eigenvalue weighted by atomic mass is 16.6. The monoisotopic (exact) mass is 227 g/mol. The van der Waals surface area contributed by atoms with E-state index in [0.29, 0.717) is 11.4 Å². The van der Waals surface area contributed by atoms with Crippen molar-refractivity contribution in [1.82, 2.24) is 4.57 Å². The van der Waals surface area contributed by atoms with Gasteiger partial charge < -0.3 is 4.57 Å². The number of hydrogen-bond acceptors (Lipinski definition) is 3. The average Bonchev–Trinajstić information content (AvgIpc) is 2.77. The fourth-order valence-electron chi connectivity index (χ4n) is 1.65. The largest absolute Gasteiger partial charge is 0.308 e. The van der Waals surface area contributed by atoms with E-state index in [1.807, 2.05) is 13.0 Å². The Morgan fingerprint density at radius 2 is 2.18 bits per heavy atom. The molecule has 1 heterocycles. The van der Waals surface area contributed by atoms with Crippen molar-refractivity contribution in [2.24, 2.45) is 0 Å². The lowest BCUT2D eigenvalue weighted by Crippen LogP contribution is -1.99. The molecule has 2 aromatic rings. The third-order valence-corrected chi connectivity index (χ3v) is 2.53. The average molecular weight is 227 g/mol. The van der Waals surface area contributed by atoms with Crippen LogP contribution in [-0.2, 0) is 0 Å². The molecule has 0 atom stereocenters. The van der Waals surface area contributed by atoms with E-state index in [2.05, 4.69) is 0 Å². The van der Waals surface area contributed by atoms with Crippen molar-refractivity contribution in [1.29, 1.82) is 5.26 Å². The minimum atomic E-state index is -0.446. The topological polar surface area (TPSA) is 71.9 Å². The Kier molecular flexibility index (Phi) is 2.63. The Balaban J connectivity index is 2.63. The van der Waals surface area contributed by atoms with Crippen LogP contribution in [0.15, 0.2) is 36.5 Å². The van der Waals surface area contributed by atoms with Crippen molar-refractivity contribution in [3.05, 3.63) is 57.9 Å². The van der Waals surface area contributed by atoms with Crippen LogP contribution in [0.3, 0.4) is 0 Å². The van der Waals surface area contributed by atoms with Gasteiger partial charge in [0.1, 0.15) is 11.8 Å². The lowest BCUT2D eigenvalue weighted by atomic mass is 10.1. The lowest BCUT2D eigenvalue weighted by molar-refractivity contribution is -0.384. The molecular weight excluding hydrogens is 218 g/mol. The summed E-state index contributed by atoms with van der Waals surface area (Å²) in [6.45, 7) is 1.85. The minimum Gasteiger partial charge on any atom is -0.308 e. The molecule has 0 saturated carbocycles. The van der Waals surface area contributed by atoms with E-state index in [1.165, 1.54) is 12.1 Å². The highest BCUT2D eigenvalue weighted by Gasteiger charge is 2.11. The molecule has 0 saturated heterocycles. The van der Waals surface area contributed by atoms with Gasteiger partial charge in [0.15, 0.2) is 0 Å². The number of benzene rings is 1. The van der Waals surface area contributed by atoms with E-state index in [1.54, 1.807) is 29.0 Å². The molecule has 0 spiro atoms. The van der Waals surface area contributed by atoms with Crippen molar-refractivity contribution in [3.8, 4) is 11.8 Å². The summed E-state index contributed by atoms with van der Waals surface area (Å²) in [7, 11) is 0. The molecule has 0 aliphatic heterocycles. The van der Waals surface area contributed by atoms with Crippen molar-refractivity contribution in [2.75, 3.05) is 0 Å². The van der Waals surface area contributed by atoms with Crippen LogP contribution >= 0.6 is 0 Å². The van der Waals surface area contributed by atoms with Gasteiger partial charge in [0.25, 0.3) is 5.69 Å². The van der Waals surface area contributed by atoms with Crippen LogP contribution in [0.25, 0.3) is 5.69 Å². The first-order chi connectivity index (χ1) is 8.13. The normalized spacial score (nSPS) is 9.88. The molecular formula is C12H9N3O2. The highest BCUT2D eigenvalue weighted by molar-refractivity contribution is 5.51. The summed E-state index contributed by atoms with van der Waals surface area (Å²) in [5, 5.41) is 19.7. The summed E-state index contributed by atoms with van der Waals surface area (Å²) in [4.78, 5) is 10.3.